The number of esters is 1. The van der Waals surface area contributed by atoms with Crippen molar-refractivity contribution in [3.8, 4) is 0 Å². The Labute approximate surface area is 162 Å². The van der Waals surface area contributed by atoms with Crippen LogP contribution in [0.1, 0.15) is 12.0 Å². The maximum Gasteiger partial charge on any atom is 0.326 e. The van der Waals surface area contributed by atoms with E-state index in [1.54, 1.807) is 0 Å². The fraction of sp³-hybridized carbons (Fsp3) is 0.278. The summed E-state index contributed by atoms with van der Waals surface area (Å²) in [5.74, 6) is -0.812. The zero-order valence-electron chi connectivity index (χ0n) is 13.9. The fourth-order valence-corrected chi connectivity index (χ4v) is 5.29. The van der Waals surface area contributed by atoms with Gasteiger partial charge in [0.05, 0.1) is 28.1 Å². The molecule has 0 saturated carbocycles. The van der Waals surface area contributed by atoms with Crippen LogP contribution in [-0.2, 0) is 25.8 Å². The number of fused-ring (bicyclic) bond motifs is 1. The molecule has 1 N–H and O–H groups in total. The van der Waals surface area contributed by atoms with E-state index in [2.05, 4.69) is 5.32 Å². The zero-order chi connectivity index (χ0) is 18.9. The molecule has 2 unspecified atom stereocenters. The normalized spacial score (nSPS) is 17.7. The van der Waals surface area contributed by atoms with E-state index in [-0.39, 0.29) is 14.9 Å². The number of para-hydroxylation sites is 1. The summed E-state index contributed by atoms with van der Waals surface area (Å²) in [6, 6.07) is 11.0. The molecule has 0 aliphatic carbocycles. The van der Waals surface area contributed by atoms with E-state index in [1.807, 2.05) is 24.3 Å². The summed E-state index contributed by atoms with van der Waals surface area (Å²) < 4.78 is 31.1. The lowest BCUT2D eigenvalue weighted by molar-refractivity contribution is -0.140. The average molecular weight is 414 g/mol. The third-order valence-electron chi connectivity index (χ3n) is 4.44. The van der Waals surface area contributed by atoms with Crippen molar-refractivity contribution in [2.75, 3.05) is 12.4 Å². The molecule has 8 heteroatoms. The van der Waals surface area contributed by atoms with Crippen molar-refractivity contribution < 1.29 is 17.9 Å². The van der Waals surface area contributed by atoms with Gasteiger partial charge in [0, 0.05) is 5.69 Å². The van der Waals surface area contributed by atoms with Crippen molar-refractivity contribution in [1.82, 2.24) is 0 Å². The molecule has 0 amide bonds. The summed E-state index contributed by atoms with van der Waals surface area (Å²) in [6.07, 6.45) is 1.15. The van der Waals surface area contributed by atoms with Gasteiger partial charge in [0.1, 0.15) is 0 Å². The Balaban J connectivity index is 2.01. The molecule has 5 nitrogen and oxygen atoms in total. The van der Waals surface area contributed by atoms with Crippen molar-refractivity contribution in [1.29, 1.82) is 0 Å². The van der Waals surface area contributed by atoms with E-state index in [9.17, 15) is 13.2 Å². The van der Waals surface area contributed by atoms with Crippen LogP contribution in [0.5, 0.6) is 0 Å². The van der Waals surface area contributed by atoms with Gasteiger partial charge in [-0.1, -0.05) is 41.4 Å². The largest absolute Gasteiger partial charge is 0.468 e. The number of carbonyl (C=O) groups excluding carboxylic acids is 1. The predicted molar refractivity (Wildman–Crippen MR) is 102 cm³/mol. The second kappa shape index (κ2) is 7.47. The molecule has 1 heterocycles. The molecule has 0 radical (unpaired) electrons. The van der Waals surface area contributed by atoms with Gasteiger partial charge in [0.25, 0.3) is 0 Å². The molecule has 3 rings (SSSR count). The third kappa shape index (κ3) is 3.54. The molecule has 2 aromatic rings. The van der Waals surface area contributed by atoms with Crippen LogP contribution in [-0.4, -0.2) is 32.8 Å². The van der Waals surface area contributed by atoms with Crippen LogP contribution in [0.3, 0.4) is 0 Å². The minimum absolute atomic E-state index is 0.0667. The van der Waals surface area contributed by atoms with Crippen molar-refractivity contribution in [3.05, 3.63) is 58.1 Å². The number of rotatable bonds is 4. The SMILES string of the molecule is COC(=O)C(C1CCc2ccccc2N1)S(=O)(=O)c1ccc(Cl)c(Cl)c1. The highest BCUT2D eigenvalue weighted by molar-refractivity contribution is 7.92. The van der Waals surface area contributed by atoms with Crippen molar-refractivity contribution in [2.45, 2.75) is 29.0 Å². The van der Waals surface area contributed by atoms with Crippen LogP contribution in [0, 0.1) is 0 Å². The maximum absolute atomic E-state index is 13.2. The third-order valence-corrected chi connectivity index (χ3v) is 7.28. The minimum Gasteiger partial charge on any atom is -0.468 e. The van der Waals surface area contributed by atoms with E-state index in [1.165, 1.54) is 25.3 Å². The lowest BCUT2D eigenvalue weighted by Crippen LogP contribution is -2.47. The molecular formula is C18H17Cl2NO4S. The van der Waals surface area contributed by atoms with Gasteiger partial charge in [-0.3, -0.25) is 4.79 Å². The van der Waals surface area contributed by atoms with Gasteiger partial charge in [-0.05, 0) is 42.7 Å². The Morgan fingerprint density at radius 3 is 2.62 bits per heavy atom. The first-order chi connectivity index (χ1) is 12.3. The predicted octanol–water partition coefficient (Wildman–Crippen LogP) is 3.74. The van der Waals surface area contributed by atoms with Crippen molar-refractivity contribution in [2.24, 2.45) is 0 Å². The fourth-order valence-electron chi connectivity index (χ4n) is 3.11. The van der Waals surface area contributed by atoms with Gasteiger partial charge in [-0.2, -0.15) is 0 Å². The highest BCUT2D eigenvalue weighted by Crippen LogP contribution is 2.32. The summed E-state index contributed by atoms with van der Waals surface area (Å²) in [6.45, 7) is 0. The summed E-state index contributed by atoms with van der Waals surface area (Å²) in [5.41, 5.74) is 1.90. The highest BCUT2D eigenvalue weighted by Gasteiger charge is 2.43. The van der Waals surface area contributed by atoms with Gasteiger partial charge in [0.2, 0.25) is 0 Å². The van der Waals surface area contributed by atoms with Crippen LogP contribution >= 0.6 is 23.2 Å². The van der Waals surface area contributed by atoms with Crippen molar-refractivity contribution >= 4 is 44.7 Å². The lowest BCUT2D eigenvalue weighted by Gasteiger charge is -2.31. The molecule has 1 aliphatic rings. The first kappa shape index (κ1) is 19.0. The number of carbonyl (C=O) groups is 1. The number of hydrogen-bond acceptors (Lipinski definition) is 5. The Morgan fingerprint density at radius 2 is 1.92 bits per heavy atom. The van der Waals surface area contributed by atoms with E-state index >= 15 is 0 Å². The Kier molecular flexibility index (Phi) is 5.46. The average Bonchev–Trinajstić information content (AvgIpc) is 2.63. The van der Waals surface area contributed by atoms with Crippen LogP contribution in [0.15, 0.2) is 47.4 Å². The second-order valence-electron chi connectivity index (χ2n) is 6.01. The van der Waals surface area contributed by atoms with Crippen LogP contribution < -0.4 is 5.32 Å². The first-order valence-corrected chi connectivity index (χ1v) is 10.3. The topological polar surface area (TPSA) is 72.5 Å². The van der Waals surface area contributed by atoms with Gasteiger partial charge in [-0.25, -0.2) is 8.42 Å². The number of methoxy groups -OCH3 is 1. The number of nitrogens with one attached hydrogen (secondary N) is 1. The first-order valence-electron chi connectivity index (χ1n) is 7.96. The van der Waals surface area contributed by atoms with E-state index in [0.717, 1.165) is 11.3 Å². The Bertz CT molecular complexity index is 946. The maximum atomic E-state index is 13.2. The van der Waals surface area contributed by atoms with Crippen LogP contribution in [0.2, 0.25) is 10.0 Å². The number of hydrogen-bond donors (Lipinski definition) is 1. The summed E-state index contributed by atoms with van der Waals surface area (Å²) in [7, 11) is -2.86. The van der Waals surface area contributed by atoms with Gasteiger partial charge >= 0.3 is 5.97 Å². The smallest absolute Gasteiger partial charge is 0.326 e. The number of halogens is 2. The van der Waals surface area contributed by atoms with E-state index in [0.29, 0.717) is 12.8 Å². The molecule has 0 spiro atoms. The van der Waals surface area contributed by atoms with Gasteiger partial charge < -0.3 is 10.1 Å². The number of sulfone groups is 1. The van der Waals surface area contributed by atoms with Crippen LogP contribution in [0.25, 0.3) is 0 Å². The minimum atomic E-state index is -4.03. The highest BCUT2D eigenvalue weighted by atomic mass is 35.5. The molecule has 0 bridgehead atoms. The molecular weight excluding hydrogens is 397 g/mol. The van der Waals surface area contributed by atoms with E-state index < -0.39 is 27.1 Å². The zero-order valence-corrected chi connectivity index (χ0v) is 16.2. The summed E-state index contributed by atoms with van der Waals surface area (Å²) >= 11 is 11.8. The molecule has 2 aromatic carbocycles. The number of anilines is 1. The van der Waals surface area contributed by atoms with E-state index in [4.69, 9.17) is 27.9 Å². The molecule has 26 heavy (non-hydrogen) atoms. The monoisotopic (exact) mass is 413 g/mol. The second-order valence-corrected chi connectivity index (χ2v) is 8.90. The Morgan fingerprint density at radius 1 is 1.19 bits per heavy atom. The lowest BCUT2D eigenvalue weighted by atomic mass is 9.96. The molecule has 0 fully saturated rings. The Hall–Kier alpha value is -1.76. The molecule has 0 saturated heterocycles. The summed E-state index contributed by atoms with van der Waals surface area (Å²) in [4.78, 5) is 12.3. The van der Waals surface area contributed by atoms with Gasteiger partial charge in [-0.15, -0.1) is 0 Å². The van der Waals surface area contributed by atoms with Crippen molar-refractivity contribution in [3.63, 3.8) is 0 Å². The molecule has 2 atom stereocenters. The quantitative estimate of drug-likeness (QED) is 0.772. The molecule has 138 valence electrons. The standard InChI is InChI=1S/C18H17Cl2NO4S/c1-25-18(22)17(16-9-6-11-4-2-3-5-15(11)21-16)26(23,24)12-7-8-13(19)14(20)10-12/h2-5,7-8,10,16-17,21H,6,9H2,1H3. The van der Waals surface area contributed by atoms with Gasteiger partial charge in [0.15, 0.2) is 15.1 Å². The summed E-state index contributed by atoms with van der Waals surface area (Å²) in [5, 5.41) is 2.13. The number of ether oxygens (including phenoxy) is 1. The number of aryl methyl sites for hydroxylation is 1. The molecule has 0 aromatic heterocycles. The number of benzene rings is 2. The van der Waals surface area contributed by atoms with Crippen LogP contribution in [0.4, 0.5) is 5.69 Å². The molecule has 1 aliphatic heterocycles.